The highest BCUT2D eigenvalue weighted by molar-refractivity contribution is 7.89. The zero-order valence-electron chi connectivity index (χ0n) is 16.0. The van der Waals surface area contributed by atoms with Crippen LogP contribution in [0.4, 0.5) is 5.69 Å². The van der Waals surface area contributed by atoms with Crippen molar-refractivity contribution in [1.29, 1.82) is 0 Å². The number of nitrogens with one attached hydrogen (secondary N) is 1. The van der Waals surface area contributed by atoms with Gasteiger partial charge in [-0.1, -0.05) is 31.1 Å². The Bertz CT molecular complexity index is 913. The van der Waals surface area contributed by atoms with E-state index in [2.05, 4.69) is 24.3 Å². The van der Waals surface area contributed by atoms with Gasteiger partial charge >= 0.3 is 0 Å². The molecule has 2 aromatic rings. The standard InChI is InChI=1S/C19H25N3O4S/c1-12(2)15-7-9-16(10-8-15)20-19(23)17-6-5-11-22(17)27(24,25)18-13(3)21-26-14(18)4/h7-10,12,17H,5-6,11H2,1-4H3,(H,20,23)/t17-/m1/s1. The van der Waals surface area contributed by atoms with E-state index in [9.17, 15) is 13.2 Å². The molecule has 1 fully saturated rings. The summed E-state index contributed by atoms with van der Waals surface area (Å²) in [5.74, 6) is 0.322. The fourth-order valence-electron chi connectivity index (χ4n) is 3.43. The molecule has 3 rings (SSSR count). The fraction of sp³-hybridized carbons (Fsp3) is 0.474. The van der Waals surface area contributed by atoms with Crippen LogP contribution in [-0.2, 0) is 14.8 Å². The number of benzene rings is 1. The van der Waals surface area contributed by atoms with Gasteiger partial charge in [-0.15, -0.1) is 0 Å². The predicted molar refractivity (Wildman–Crippen MR) is 102 cm³/mol. The largest absolute Gasteiger partial charge is 0.360 e. The number of aryl methyl sites for hydroxylation is 2. The zero-order chi connectivity index (χ0) is 19.8. The van der Waals surface area contributed by atoms with E-state index in [1.54, 1.807) is 13.8 Å². The molecule has 0 unspecified atom stereocenters. The lowest BCUT2D eigenvalue weighted by atomic mass is 10.0. The van der Waals surface area contributed by atoms with Gasteiger partial charge in [0, 0.05) is 12.2 Å². The predicted octanol–water partition coefficient (Wildman–Crippen LogP) is 3.21. The minimum Gasteiger partial charge on any atom is -0.360 e. The van der Waals surface area contributed by atoms with Gasteiger partial charge in [0.1, 0.15) is 16.6 Å². The number of hydrogen-bond acceptors (Lipinski definition) is 5. The summed E-state index contributed by atoms with van der Waals surface area (Å²) in [6, 6.07) is 6.87. The quantitative estimate of drug-likeness (QED) is 0.845. The molecule has 1 amide bonds. The van der Waals surface area contributed by atoms with Crippen LogP contribution in [0.2, 0.25) is 0 Å². The monoisotopic (exact) mass is 391 g/mol. The first-order chi connectivity index (χ1) is 12.7. The average Bonchev–Trinajstić information content (AvgIpc) is 3.23. The van der Waals surface area contributed by atoms with Gasteiger partial charge in [-0.2, -0.15) is 4.31 Å². The van der Waals surface area contributed by atoms with Gasteiger partial charge in [-0.3, -0.25) is 4.79 Å². The first kappa shape index (κ1) is 19.6. The number of sulfonamides is 1. The van der Waals surface area contributed by atoms with E-state index in [4.69, 9.17) is 4.52 Å². The normalized spacial score (nSPS) is 18.2. The molecule has 146 valence electrons. The van der Waals surface area contributed by atoms with Crippen LogP contribution in [0.1, 0.15) is 49.6 Å². The van der Waals surface area contributed by atoms with E-state index < -0.39 is 16.1 Å². The molecular weight excluding hydrogens is 366 g/mol. The Labute approximate surface area is 159 Å². The number of amides is 1. The highest BCUT2D eigenvalue weighted by Gasteiger charge is 2.41. The molecule has 0 saturated carbocycles. The van der Waals surface area contributed by atoms with Crippen molar-refractivity contribution in [2.75, 3.05) is 11.9 Å². The van der Waals surface area contributed by atoms with Crippen LogP contribution in [-0.4, -0.2) is 36.4 Å². The summed E-state index contributed by atoms with van der Waals surface area (Å²) >= 11 is 0. The van der Waals surface area contributed by atoms with E-state index in [0.29, 0.717) is 36.7 Å². The molecular formula is C19H25N3O4S. The first-order valence-corrected chi connectivity index (χ1v) is 10.5. The van der Waals surface area contributed by atoms with Gasteiger partial charge in [0.25, 0.3) is 0 Å². The van der Waals surface area contributed by atoms with Crippen LogP contribution < -0.4 is 5.32 Å². The van der Waals surface area contributed by atoms with E-state index in [1.165, 1.54) is 9.87 Å². The topological polar surface area (TPSA) is 92.5 Å². The molecule has 0 bridgehead atoms. The molecule has 0 radical (unpaired) electrons. The second-order valence-corrected chi connectivity index (χ2v) is 9.02. The third kappa shape index (κ3) is 3.77. The lowest BCUT2D eigenvalue weighted by molar-refractivity contribution is -0.119. The molecule has 8 heteroatoms. The average molecular weight is 391 g/mol. The highest BCUT2D eigenvalue weighted by Crippen LogP contribution is 2.30. The molecule has 1 aromatic carbocycles. The number of aromatic nitrogens is 1. The maximum Gasteiger partial charge on any atom is 0.249 e. The Balaban J connectivity index is 1.80. The van der Waals surface area contributed by atoms with Crippen LogP contribution in [0.15, 0.2) is 33.7 Å². The molecule has 1 aliphatic heterocycles. The van der Waals surface area contributed by atoms with E-state index in [0.717, 1.165) is 0 Å². The zero-order valence-corrected chi connectivity index (χ0v) is 16.8. The molecule has 2 heterocycles. The van der Waals surface area contributed by atoms with Crippen molar-refractivity contribution >= 4 is 21.6 Å². The maximum atomic E-state index is 13.1. The number of anilines is 1. The number of carbonyl (C=O) groups excluding carboxylic acids is 1. The molecule has 7 nitrogen and oxygen atoms in total. The Kier molecular flexibility index (Phi) is 5.39. The Morgan fingerprint density at radius 2 is 1.93 bits per heavy atom. The van der Waals surface area contributed by atoms with Crippen LogP contribution in [0, 0.1) is 13.8 Å². The first-order valence-electron chi connectivity index (χ1n) is 9.07. The molecule has 1 aliphatic rings. The lowest BCUT2D eigenvalue weighted by Gasteiger charge is -2.23. The van der Waals surface area contributed by atoms with E-state index in [1.807, 2.05) is 24.3 Å². The van der Waals surface area contributed by atoms with Gasteiger partial charge in [0.05, 0.1) is 0 Å². The van der Waals surface area contributed by atoms with Gasteiger partial charge in [-0.05, 0) is 50.3 Å². The summed E-state index contributed by atoms with van der Waals surface area (Å²) in [5.41, 5.74) is 2.14. The van der Waals surface area contributed by atoms with Gasteiger partial charge in [0.2, 0.25) is 15.9 Å². The van der Waals surface area contributed by atoms with Crippen molar-refractivity contribution in [3.8, 4) is 0 Å². The summed E-state index contributed by atoms with van der Waals surface area (Å²) in [4.78, 5) is 12.8. The Morgan fingerprint density at radius 3 is 2.48 bits per heavy atom. The molecule has 1 atom stereocenters. The summed E-state index contributed by atoms with van der Waals surface area (Å²) < 4.78 is 32.4. The summed E-state index contributed by atoms with van der Waals surface area (Å²) in [5, 5.41) is 6.57. The van der Waals surface area contributed by atoms with Gasteiger partial charge < -0.3 is 9.84 Å². The Morgan fingerprint density at radius 1 is 1.26 bits per heavy atom. The van der Waals surface area contributed by atoms with Crippen molar-refractivity contribution in [3.05, 3.63) is 41.3 Å². The number of rotatable bonds is 5. The molecule has 27 heavy (non-hydrogen) atoms. The van der Waals surface area contributed by atoms with Crippen molar-refractivity contribution < 1.29 is 17.7 Å². The highest BCUT2D eigenvalue weighted by atomic mass is 32.2. The molecule has 1 N–H and O–H groups in total. The molecule has 0 aliphatic carbocycles. The van der Waals surface area contributed by atoms with E-state index in [-0.39, 0.29) is 16.6 Å². The third-order valence-electron chi connectivity index (χ3n) is 4.89. The second-order valence-electron chi connectivity index (χ2n) is 7.19. The number of nitrogens with zero attached hydrogens (tertiary/aromatic N) is 2. The minimum atomic E-state index is -3.84. The van der Waals surface area contributed by atoms with Crippen LogP contribution in [0.5, 0.6) is 0 Å². The fourth-order valence-corrected chi connectivity index (χ4v) is 5.38. The minimum absolute atomic E-state index is 0.0588. The van der Waals surface area contributed by atoms with Crippen LogP contribution in [0.3, 0.4) is 0 Å². The number of carbonyl (C=O) groups is 1. The molecule has 0 spiro atoms. The number of hydrogen-bond donors (Lipinski definition) is 1. The van der Waals surface area contributed by atoms with Crippen molar-refractivity contribution in [3.63, 3.8) is 0 Å². The SMILES string of the molecule is Cc1noc(C)c1S(=O)(=O)N1CCC[C@@H]1C(=O)Nc1ccc(C(C)C)cc1. The molecule has 1 saturated heterocycles. The smallest absolute Gasteiger partial charge is 0.249 e. The van der Waals surface area contributed by atoms with Crippen LogP contribution in [0.25, 0.3) is 0 Å². The maximum absolute atomic E-state index is 13.1. The summed E-state index contributed by atoms with van der Waals surface area (Å²) in [6.45, 7) is 7.66. The van der Waals surface area contributed by atoms with Crippen molar-refractivity contribution in [2.45, 2.75) is 57.4 Å². The van der Waals surface area contributed by atoms with Gasteiger partial charge in [-0.25, -0.2) is 8.42 Å². The Hall–Kier alpha value is -2.19. The van der Waals surface area contributed by atoms with E-state index >= 15 is 0 Å². The lowest BCUT2D eigenvalue weighted by Crippen LogP contribution is -2.43. The van der Waals surface area contributed by atoms with Crippen LogP contribution >= 0.6 is 0 Å². The summed E-state index contributed by atoms with van der Waals surface area (Å²) in [6.07, 6.45) is 1.12. The van der Waals surface area contributed by atoms with Crippen molar-refractivity contribution in [1.82, 2.24) is 9.46 Å². The van der Waals surface area contributed by atoms with Gasteiger partial charge in [0.15, 0.2) is 5.76 Å². The summed E-state index contributed by atoms with van der Waals surface area (Å²) in [7, 11) is -3.84. The van der Waals surface area contributed by atoms with Crippen molar-refractivity contribution in [2.24, 2.45) is 0 Å². The second kappa shape index (κ2) is 7.44. The third-order valence-corrected chi connectivity index (χ3v) is 7.04. The molecule has 1 aromatic heterocycles.